The van der Waals surface area contributed by atoms with Crippen LogP contribution in [0, 0.1) is 6.92 Å². The van der Waals surface area contributed by atoms with E-state index in [0.717, 1.165) is 5.56 Å². The lowest BCUT2D eigenvalue weighted by Gasteiger charge is -2.13. The summed E-state index contributed by atoms with van der Waals surface area (Å²) < 4.78 is 38.0. The molecule has 0 fully saturated rings. The van der Waals surface area contributed by atoms with Crippen molar-refractivity contribution in [2.45, 2.75) is 11.8 Å². The van der Waals surface area contributed by atoms with E-state index in [4.69, 9.17) is 21.1 Å². The monoisotopic (exact) mass is 395 g/mol. The smallest absolute Gasteiger partial charge is 0.338 e. The summed E-state index contributed by atoms with van der Waals surface area (Å²) in [7, 11) is -2.64. The van der Waals surface area contributed by atoms with Crippen LogP contribution in [0.1, 0.15) is 15.9 Å². The number of halogens is 1. The molecule has 0 heterocycles. The minimum absolute atomic E-state index is 0.0491. The van der Waals surface area contributed by atoms with E-state index < -0.39 is 16.0 Å². The number of esters is 1. The molecule has 0 atom stereocenters. The van der Waals surface area contributed by atoms with Crippen molar-refractivity contribution in [3.05, 3.63) is 65.2 Å². The Bertz CT molecular complexity index is 923. The van der Waals surface area contributed by atoms with E-state index in [1.165, 1.54) is 25.3 Å². The number of aryl methyl sites for hydroxylation is 1. The Kier molecular flexibility index (Phi) is 6.28. The number of carbonyl (C=O) groups is 1. The number of benzene rings is 2. The van der Waals surface area contributed by atoms with E-state index in [-0.39, 0.29) is 27.8 Å². The molecule has 0 aromatic heterocycles. The van der Waals surface area contributed by atoms with Crippen molar-refractivity contribution in [3.8, 4) is 5.75 Å². The lowest BCUT2D eigenvalue weighted by molar-refractivity contribution is 0.0546. The number of methoxy groups -OCH3 is 1. The van der Waals surface area contributed by atoms with Gasteiger partial charge in [0.05, 0.1) is 12.7 Å². The average Bonchev–Trinajstić information content (AvgIpc) is 2.60. The highest BCUT2D eigenvalue weighted by atomic mass is 35.5. The van der Waals surface area contributed by atoms with Gasteiger partial charge in [-0.2, -0.15) is 0 Å². The van der Waals surface area contributed by atoms with Crippen molar-refractivity contribution in [1.82, 2.24) is 0 Å². The Balaban J connectivity index is 2.35. The number of ether oxygens (including phenoxy) is 2. The standard InChI is InChI=1S/C18H18ClNO5S/c1-12-4-7-15(8-5-12)20-26(22,23)17-10-14(6-9-16(17)24-3)18(21)25-11-13(2)19/h4-10,20H,2,11H2,1,3H3. The SMILES string of the molecule is C=C(Cl)COC(=O)c1ccc(OC)c(S(=O)(=O)Nc2ccc(C)cc2)c1. The van der Waals surface area contributed by atoms with E-state index in [1.54, 1.807) is 24.3 Å². The summed E-state index contributed by atoms with van der Waals surface area (Å²) >= 11 is 5.56. The van der Waals surface area contributed by atoms with Gasteiger partial charge in [0.25, 0.3) is 10.0 Å². The van der Waals surface area contributed by atoms with Crippen molar-refractivity contribution in [2.24, 2.45) is 0 Å². The maximum atomic E-state index is 12.7. The van der Waals surface area contributed by atoms with Gasteiger partial charge in [0.1, 0.15) is 17.3 Å². The molecule has 0 aliphatic heterocycles. The van der Waals surface area contributed by atoms with Crippen LogP contribution in [-0.4, -0.2) is 28.1 Å². The second-order valence-electron chi connectivity index (χ2n) is 5.43. The Morgan fingerprint density at radius 3 is 2.42 bits per heavy atom. The third-order valence-electron chi connectivity index (χ3n) is 3.35. The normalized spacial score (nSPS) is 10.9. The summed E-state index contributed by atoms with van der Waals surface area (Å²) in [6, 6.07) is 10.8. The Morgan fingerprint density at radius 1 is 1.19 bits per heavy atom. The molecule has 138 valence electrons. The van der Waals surface area contributed by atoms with E-state index in [1.807, 2.05) is 6.92 Å². The first-order valence-corrected chi connectivity index (χ1v) is 9.37. The summed E-state index contributed by atoms with van der Waals surface area (Å²) in [6.45, 7) is 5.14. The number of carbonyl (C=O) groups excluding carboxylic acids is 1. The molecule has 0 saturated heterocycles. The molecule has 0 bridgehead atoms. The van der Waals surface area contributed by atoms with Crippen LogP contribution in [0.3, 0.4) is 0 Å². The van der Waals surface area contributed by atoms with Gasteiger partial charge in [0.15, 0.2) is 0 Å². The zero-order valence-electron chi connectivity index (χ0n) is 14.3. The van der Waals surface area contributed by atoms with Crippen LogP contribution in [0.25, 0.3) is 0 Å². The summed E-state index contributed by atoms with van der Waals surface area (Å²) in [6.07, 6.45) is 0. The molecule has 0 saturated carbocycles. The fourth-order valence-electron chi connectivity index (χ4n) is 2.07. The van der Waals surface area contributed by atoms with Crippen LogP contribution < -0.4 is 9.46 Å². The summed E-state index contributed by atoms with van der Waals surface area (Å²) in [5.41, 5.74) is 1.44. The van der Waals surface area contributed by atoms with E-state index in [9.17, 15) is 13.2 Å². The van der Waals surface area contributed by atoms with E-state index >= 15 is 0 Å². The molecule has 0 radical (unpaired) electrons. The summed E-state index contributed by atoms with van der Waals surface area (Å²) in [5.74, 6) is -0.621. The van der Waals surface area contributed by atoms with Crippen molar-refractivity contribution >= 4 is 33.3 Å². The van der Waals surface area contributed by atoms with E-state index in [0.29, 0.717) is 5.69 Å². The largest absolute Gasteiger partial charge is 0.495 e. The molecule has 0 unspecified atom stereocenters. The van der Waals surface area contributed by atoms with Gasteiger partial charge in [-0.1, -0.05) is 35.9 Å². The topological polar surface area (TPSA) is 81.7 Å². The highest BCUT2D eigenvalue weighted by Crippen LogP contribution is 2.27. The van der Waals surface area contributed by atoms with Gasteiger partial charge in [0.2, 0.25) is 0 Å². The van der Waals surface area contributed by atoms with Crippen molar-refractivity contribution in [1.29, 1.82) is 0 Å². The van der Waals surface area contributed by atoms with Gasteiger partial charge in [-0.25, -0.2) is 13.2 Å². The van der Waals surface area contributed by atoms with Gasteiger partial charge in [-0.15, -0.1) is 0 Å². The van der Waals surface area contributed by atoms with E-state index in [2.05, 4.69) is 11.3 Å². The number of anilines is 1. The van der Waals surface area contributed by atoms with Crippen LogP contribution in [0.2, 0.25) is 0 Å². The minimum Gasteiger partial charge on any atom is -0.495 e. The molecule has 2 rings (SSSR count). The minimum atomic E-state index is -3.98. The fourth-order valence-corrected chi connectivity index (χ4v) is 3.38. The van der Waals surface area contributed by atoms with Crippen LogP contribution >= 0.6 is 11.6 Å². The quantitative estimate of drug-likeness (QED) is 0.722. The molecule has 2 aromatic rings. The van der Waals surface area contributed by atoms with Crippen LogP contribution in [0.15, 0.2) is 59.0 Å². The number of hydrogen-bond donors (Lipinski definition) is 1. The zero-order valence-corrected chi connectivity index (χ0v) is 15.9. The molecule has 2 aromatic carbocycles. The fraction of sp³-hybridized carbons (Fsp3) is 0.167. The highest BCUT2D eigenvalue weighted by Gasteiger charge is 2.22. The molecule has 0 aliphatic carbocycles. The van der Waals surface area contributed by atoms with Gasteiger partial charge in [-0.3, -0.25) is 4.72 Å². The second-order valence-corrected chi connectivity index (χ2v) is 7.62. The Hall–Kier alpha value is -2.51. The van der Waals surface area contributed by atoms with Gasteiger partial charge in [-0.05, 0) is 37.3 Å². The summed E-state index contributed by atoms with van der Waals surface area (Å²) in [5, 5.41) is 0.153. The first kappa shape index (κ1) is 19.8. The number of hydrogen-bond acceptors (Lipinski definition) is 5. The second kappa shape index (κ2) is 8.25. The maximum Gasteiger partial charge on any atom is 0.338 e. The number of nitrogens with one attached hydrogen (secondary N) is 1. The average molecular weight is 396 g/mol. The molecule has 26 heavy (non-hydrogen) atoms. The highest BCUT2D eigenvalue weighted by molar-refractivity contribution is 7.92. The predicted octanol–water partition coefficient (Wildman–Crippen LogP) is 3.71. The number of sulfonamides is 1. The van der Waals surface area contributed by atoms with Crippen LogP contribution in [0.5, 0.6) is 5.75 Å². The van der Waals surface area contributed by atoms with Crippen LogP contribution in [-0.2, 0) is 14.8 Å². The molecule has 0 spiro atoms. The summed E-state index contributed by atoms with van der Waals surface area (Å²) in [4.78, 5) is 11.9. The lowest BCUT2D eigenvalue weighted by atomic mass is 10.2. The molecule has 8 heteroatoms. The van der Waals surface area contributed by atoms with Gasteiger partial charge < -0.3 is 9.47 Å². The van der Waals surface area contributed by atoms with Gasteiger partial charge in [0, 0.05) is 10.7 Å². The third kappa shape index (κ3) is 5.00. The molecular formula is C18H18ClNO5S. The molecular weight excluding hydrogens is 378 g/mol. The van der Waals surface area contributed by atoms with Crippen molar-refractivity contribution < 1.29 is 22.7 Å². The van der Waals surface area contributed by atoms with Gasteiger partial charge >= 0.3 is 5.97 Å². The molecule has 6 nitrogen and oxygen atoms in total. The maximum absolute atomic E-state index is 12.7. The molecule has 1 N–H and O–H groups in total. The first-order chi connectivity index (χ1) is 12.2. The predicted molar refractivity (Wildman–Crippen MR) is 100 cm³/mol. The van der Waals surface area contributed by atoms with Crippen molar-refractivity contribution in [3.63, 3.8) is 0 Å². The molecule has 0 amide bonds. The Labute approximate surface area is 157 Å². The molecule has 0 aliphatic rings. The third-order valence-corrected chi connectivity index (χ3v) is 4.86. The van der Waals surface area contributed by atoms with Crippen molar-refractivity contribution in [2.75, 3.05) is 18.4 Å². The van der Waals surface area contributed by atoms with Crippen LogP contribution in [0.4, 0.5) is 5.69 Å². The number of rotatable bonds is 7. The zero-order chi connectivity index (χ0) is 19.3. The Morgan fingerprint density at radius 2 is 1.85 bits per heavy atom. The first-order valence-electron chi connectivity index (χ1n) is 7.51. The lowest BCUT2D eigenvalue weighted by Crippen LogP contribution is -2.15.